The summed E-state index contributed by atoms with van der Waals surface area (Å²) in [6.07, 6.45) is 4.16. The van der Waals surface area contributed by atoms with Gasteiger partial charge in [-0.25, -0.2) is 0 Å². The van der Waals surface area contributed by atoms with Crippen LogP contribution in [-0.2, 0) is 4.79 Å². The molecule has 1 saturated carbocycles. The Balaban J connectivity index is 2.32. The lowest BCUT2D eigenvalue weighted by atomic mass is 9.84. The molecule has 76 valence electrons. The van der Waals surface area contributed by atoms with Gasteiger partial charge in [-0.2, -0.15) is 0 Å². The Morgan fingerprint density at radius 2 is 2.15 bits per heavy atom. The molecule has 0 heterocycles. The molecule has 0 aromatic rings. The highest BCUT2D eigenvalue weighted by Crippen LogP contribution is 2.27. The third-order valence-electron chi connectivity index (χ3n) is 2.71. The van der Waals surface area contributed by atoms with Gasteiger partial charge in [-0.3, -0.25) is 4.79 Å². The summed E-state index contributed by atoms with van der Waals surface area (Å²) in [4.78, 5) is 11.6. The maximum Gasteiger partial charge on any atom is 0.223 e. The van der Waals surface area contributed by atoms with Crippen LogP contribution in [0.2, 0.25) is 0 Å². The Labute approximate surface area is 80.1 Å². The molecular weight excluding hydrogens is 164 g/mol. The van der Waals surface area contributed by atoms with E-state index in [1.54, 1.807) is 0 Å². The zero-order valence-electron chi connectivity index (χ0n) is 8.60. The Bertz CT molecular complexity index is 185. The number of nitrogens with one attached hydrogen (secondary N) is 1. The van der Waals surface area contributed by atoms with Crippen LogP contribution in [0.3, 0.4) is 0 Å². The zero-order chi connectivity index (χ0) is 9.90. The highest BCUT2D eigenvalue weighted by atomic mass is 16.2. The van der Waals surface area contributed by atoms with Crippen molar-refractivity contribution in [2.45, 2.75) is 45.1 Å². The van der Waals surface area contributed by atoms with Gasteiger partial charge in [0.05, 0.1) is 0 Å². The van der Waals surface area contributed by atoms with E-state index < -0.39 is 0 Å². The zero-order valence-corrected chi connectivity index (χ0v) is 8.60. The summed E-state index contributed by atoms with van der Waals surface area (Å²) < 4.78 is 0. The highest BCUT2D eigenvalue weighted by Gasteiger charge is 2.29. The molecule has 0 aromatic heterocycles. The smallest absolute Gasteiger partial charge is 0.223 e. The summed E-state index contributed by atoms with van der Waals surface area (Å²) in [7, 11) is 0. The van der Waals surface area contributed by atoms with E-state index in [0.717, 1.165) is 19.3 Å². The fourth-order valence-corrected chi connectivity index (χ4v) is 1.53. The van der Waals surface area contributed by atoms with Crippen molar-refractivity contribution in [3.8, 4) is 0 Å². The van der Waals surface area contributed by atoms with Crippen molar-refractivity contribution < 1.29 is 4.79 Å². The quantitative estimate of drug-likeness (QED) is 0.685. The number of amides is 1. The van der Waals surface area contributed by atoms with E-state index in [4.69, 9.17) is 5.73 Å². The summed E-state index contributed by atoms with van der Waals surface area (Å²) in [5, 5.41) is 3.04. The van der Waals surface area contributed by atoms with Crippen LogP contribution >= 0.6 is 0 Å². The number of hydrogen-bond acceptors (Lipinski definition) is 2. The Kier molecular flexibility index (Phi) is 3.31. The number of carbonyl (C=O) groups is 1. The Morgan fingerprint density at radius 3 is 2.54 bits per heavy atom. The molecule has 0 saturated heterocycles. The van der Waals surface area contributed by atoms with Crippen molar-refractivity contribution in [2.24, 2.45) is 11.7 Å². The average Bonchev–Trinajstić information content (AvgIpc) is 1.79. The van der Waals surface area contributed by atoms with Crippen molar-refractivity contribution in [2.75, 3.05) is 6.54 Å². The van der Waals surface area contributed by atoms with Gasteiger partial charge in [0.1, 0.15) is 0 Å². The van der Waals surface area contributed by atoms with Gasteiger partial charge in [-0.1, -0.05) is 6.42 Å². The monoisotopic (exact) mass is 184 g/mol. The molecule has 0 atom stereocenters. The predicted octanol–water partition coefficient (Wildman–Crippen LogP) is 1.03. The minimum absolute atomic E-state index is 0.137. The lowest BCUT2D eigenvalue weighted by Gasteiger charge is -2.31. The molecule has 1 fully saturated rings. The lowest BCUT2D eigenvalue weighted by Crippen LogP contribution is -2.48. The molecular formula is C10H20N2O. The van der Waals surface area contributed by atoms with E-state index in [-0.39, 0.29) is 17.4 Å². The standard InChI is InChI=1S/C10H20N2O/c1-10(2,6-7-11)12-9(13)8-4-3-5-8/h8H,3-7,11H2,1-2H3,(H,12,13). The van der Waals surface area contributed by atoms with Gasteiger partial charge in [0, 0.05) is 11.5 Å². The van der Waals surface area contributed by atoms with Gasteiger partial charge in [0.15, 0.2) is 0 Å². The Morgan fingerprint density at radius 1 is 1.54 bits per heavy atom. The van der Waals surface area contributed by atoms with E-state index in [2.05, 4.69) is 5.32 Å². The summed E-state index contributed by atoms with van der Waals surface area (Å²) in [6.45, 7) is 4.67. The predicted molar refractivity (Wildman–Crippen MR) is 53.2 cm³/mol. The van der Waals surface area contributed by atoms with Crippen molar-refractivity contribution in [1.29, 1.82) is 0 Å². The van der Waals surface area contributed by atoms with Crippen LogP contribution in [0.5, 0.6) is 0 Å². The third-order valence-corrected chi connectivity index (χ3v) is 2.71. The summed E-state index contributed by atoms with van der Waals surface area (Å²) >= 11 is 0. The minimum Gasteiger partial charge on any atom is -0.351 e. The second-order valence-corrected chi connectivity index (χ2v) is 4.54. The molecule has 1 aliphatic carbocycles. The van der Waals surface area contributed by atoms with E-state index >= 15 is 0 Å². The third kappa shape index (κ3) is 2.99. The van der Waals surface area contributed by atoms with Crippen molar-refractivity contribution in [3.05, 3.63) is 0 Å². The maximum atomic E-state index is 11.6. The van der Waals surface area contributed by atoms with Gasteiger partial charge in [0.2, 0.25) is 5.91 Å². The van der Waals surface area contributed by atoms with Gasteiger partial charge in [-0.15, -0.1) is 0 Å². The molecule has 1 rings (SSSR count). The van der Waals surface area contributed by atoms with Crippen molar-refractivity contribution in [3.63, 3.8) is 0 Å². The molecule has 3 heteroatoms. The second kappa shape index (κ2) is 4.09. The first-order chi connectivity index (χ1) is 6.05. The fourth-order valence-electron chi connectivity index (χ4n) is 1.53. The summed E-state index contributed by atoms with van der Waals surface area (Å²) in [5.41, 5.74) is 5.32. The minimum atomic E-state index is -0.137. The number of hydrogen-bond donors (Lipinski definition) is 2. The maximum absolute atomic E-state index is 11.6. The molecule has 1 aliphatic rings. The van der Waals surface area contributed by atoms with Crippen LogP contribution in [0.25, 0.3) is 0 Å². The topological polar surface area (TPSA) is 55.1 Å². The van der Waals surface area contributed by atoms with E-state index in [9.17, 15) is 4.79 Å². The van der Waals surface area contributed by atoms with E-state index in [1.807, 2.05) is 13.8 Å². The van der Waals surface area contributed by atoms with Crippen LogP contribution in [0.1, 0.15) is 39.5 Å². The first-order valence-electron chi connectivity index (χ1n) is 5.07. The van der Waals surface area contributed by atoms with Crippen LogP contribution in [-0.4, -0.2) is 18.0 Å². The van der Waals surface area contributed by atoms with Crippen molar-refractivity contribution in [1.82, 2.24) is 5.32 Å². The fraction of sp³-hybridized carbons (Fsp3) is 0.900. The molecule has 0 spiro atoms. The largest absolute Gasteiger partial charge is 0.351 e. The molecule has 13 heavy (non-hydrogen) atoms. The second-order valence-electron chi connectivity index (χ2n) is 4.54. The average molecular weight is 184 g/mol. The lowest BCUT2D eigenvalue weighted by molar-refractivity contribution is -0.129. The van der Waals surface area contributed by atoms with Crippen LogP contribution in [0.4, 0.5) is 0 Å². The van der Waals surface area contributed by atoms with Gasteiger partial charge >= 0.3 is 0 Å². The van der Waals surface area contributed by atoms with Crippen molar-refractivity contribution >= 4 is 5.91 Å². The molecule has 3 N–H and O–H groups in total. The van der Waals surface area contributed by atoms with Gasteiger partial charge in [-0.05, 0) is 39.7 Å². The molecule has 1 amide bonds. The number of carbonyl (C=O) groups excluding carboxylic acids is 1. The van der Waals surface area contributed by atoms with Crippen LogP contribution in [0, 0.1) is 5.92 Å². The molecule has 3 nitrogen and oxygen atoms in total. The number of nitrogens with two attached hydrogens (primary N) is 1. The van der Waals surface area contributed by atoms with Crippen LogP contribution < -0.4 is 11.1 Å². The summed E-state index contributed by atoms with van der Waals surface area (Å²) in [5.74, 6) is 0.488. The molecule has 0 unspecified atom stereocenters. The number of rotatable bonds is 4. The van der Waals surface area contributed by atoms with E-state index in [0.29, 0.717) is 6.54 Å². The van der Waals surface area contributed by atoms with Gasteiger partial charge in [0.25, 0.3) is 0 Å². The highest BCUT2D eigenvalue weighted by molar-refractivity contribution is 5.80. The normalized spacial score (nSPS) is 18.1. The Hall–Kier alpha value is -0.570. The van der Waals surface area contributed by atoms with Crippen LogP contribution in [0.15, 0.2) is 0 Å². The molecule has 0 bridgehead atoms. The molecule has 0 aliphatic heterocycles. The molecule has 0 aromatic carbocycles. The molecule has 0 radical (unpaired) electrons. The van der Waals surface area contributed by atoms with E-state index in [1.165, 1.54) is 6.42 Å². The summed E-state index contributed by atoms with van der Waals surface area (Å²) in [6, 6.07) is 0. The first kappa shape index (κ1) is 10.5. The first-order valence-corrected chi connectivity index (χ1v) is 5.07. The van der Waals surface area contributed by atoms with Gasteiger partial charge < -0.3 is 11.1 Å². The SMILES string of the molecule is CC(C)(CCN)NC(=O)C1CCC1.